The van der Waals surface area contributed by atoms with Crippen LogP contribution >= 0.6 is 0 Å². The Morgan fingerprint density at radius 2 is 0.440 bits per heavy atom. The summed E-state index contributed by atoms with van der Waals surface area (Å²) >= 11 is 0. The average Bonchev–Trinajstić information content (AvgIpc) is 2.79. The van der Waals surface area contributed by atoms with Gasteiger partial charge in [0.05, 0.1) is 0 Å². The van der Waals surface area contributed by atoms with Crippen LogP contribution in [0, 0.1) is 11.8 Å². The normalized spacial score (nSPS) is 24.7. The van der Waals surface area contributed by atoms with E-state index in [2.05, 4.69) is 13.8 Å². The molecule has 0 saturated heterocycles. The van der Waals surface area contributed by atoms with E-state index >= 15 is 0 Å². The van der Waals surface area contributed by atoms with E-state index in [4.69, 9.17) is 0 Å². The van der Waals surface area contributed by atoms with E-state index in [9.17, 15) is 0 Å². The lowest BCUT2D eigenvalue weighted by atomic mass is 9.93. The molecular weight excluding hydrogens is 300 g/mol. The lowest BCUT2D eigenvalue weighted by Gasteiger charge is -2.13. The van der Waals surface area contributed by atoms with Crippen LogP contribution in [-0.4, -0.2) is 0 Å². The molecule has 0 N–H and O–H groups in total. The summed E-state index contributed by atoms with van der Waals surface area (Å²) in [5, 5.41) is 0. The standard InChI is InChI=1S/C9H18.2C8H16/c1-9-7-5-3-2-4-6-8-9;1-8-6-4-2-3-5-7-8;1-2-4-6-8-7-5-3-1/h9H,2-8H2,1H3;8H,2-7H2,1H3;1-8H2. The lowest BCUT2D eigenvalue weighted by molar-refractivity contribution is 0.404. The van der Waals surface area contributed by atoms with Crippen LogP contribution in [0.2, 0.25) is 0 Å². The Labute approximate surface area is 160 Å². The molecule has 0 unspecified atom stereocenters. The highest BCUT2D eigenvalue weighted by atomic mass is 14.1. The van der Waals surface area contributed by atoms with E-state index < -0.39 is 0 Å². The molecule has 0 heteroatoms. The summed E-state index contributed by atoms with van der Waals surface area (Å²) in [6, 6.07) is 0. The van der Waals surface area contributed by atoms with Crippen LogP contribution in [0.1, 0.15) is 149 Å². The molecule has 3 rings (SSSR count). The molecule has 0 heterocycles. The Morgan fingerprint density at radius 3 is 0.640 bits per heavy atom. The quantitative estimate of drug-likeness (QED) is 0.381. The van der Waals surface area contributed by atoms with Crippen molar-refractivity contribution in [3.63, 3.8) is 0 Å². The third-order valence-corrected chi connectivity index (χ3v) is 6.54. The minimum absolute atomic E-state index is 1.02. The van der Waals surface area contributed by atoms with E-state index in [1.165, 1.54) is 135 Å². The van der Waals surface area contributed by atoms with Gasteiger partial charge in [-0.3, -0.25) is 0 Å². The summed E-state index contributed by atoms with van der Waals surface area (Å²) in [5.74, 6) is 2.04. The van der Waals surface area contributed by atoms with Crippen molar-refractivity contribution in [1.29, 1.82) is 0 Å². The van der Waals surface area contributed by atoms with Crippen molar-refractivity contribution in [2.45, 2.75) is 149 Å². The molecule has 0 radical (unpaired) electrons. The summed E-state index contributed by atoms with van der Waals surface area (Å²) in [6.45, 7) is 4.77. The molecule has 3 fully saturated rings. The van der Waals surface area contributed by atoms with Crippen molar-refractivity contribution < 1.29 is 0 Å². The molecule has 0 aromatic carbocycles. The van der Waals surface area contributed by atoms with Crippen molar-refractivity contribution in [3.05, 3.63) is 0 Å². The Bertz CT molecular complexity index is 217. The molecule has 3 aliphatic rings. The van der Waals surface area contributed by atoms with Gasteiger partial charge in [0.15, 0.2) is 0 Å². The van der Waals surface area contributed by atoms with Crippen LogP contribution < -0.4 is 0 Å². The molecule has 0 aromatic heterocycles. The van der Waals surface area contributed by atoms with Crippen LogP contribution in [-0.2, 0) is 0 Å². The summed E-state index contributed by atoms with van der Waals surface area (Å²) in [5.41, 5.74) is 0. The van der Waals surface area contributed by atoms with Crippen LogP contribution in [0.15, 0.2) is 0 Å². The second-order valence-corrected chi connectivity index (χ2v) is 9.38. The fourth-order valence-corrected chi connectivity index (χ4v) is 4.56. The highest BCUT2D eigenvalue weighted by Crippen LogP contribution is 2.22. The summed E-state index contributed by atoms with van der Waals surface area (Å²) < 4.78 is 0. The zero-order valence-corrected chi connectivity index (χ0v) is 18.0. The Kier molecular flexibility index (Phi) is 16.1. The molecule has 3 saturated carbocycles. The molecule has 0 amide bonds. The molecule has 3 aliphatic carbocycles. The first kappa shape index (κ1) is 23.0. The first-order chi connectivity index (χ1) is 12.3. The first-order valence-electron chi connectivity index (χ1n) is 12.3. The monoisotopic (exact) mass is 350 g/mol. The van der Waals surface area contributed by atoms with Crippen LogP contribution in [0.25, 0.3) is 0 Å². The maximum atomic E-state index is 2.39. The highest BCUT2D eigenvalue weighted by molar-refractivity contribution is 4.59. The van der Waals surface area contributed by atoms with E-state index in [1.807, 2.05) is 0 Å². The zero-order chi connectivity index (χ0) is 18.0. The third kappa shape index (κ3) is 15.9. The van der Waals surface area contributed by atoms with Gasteiger partial charge in [-0.1, -0.05) is 149 Å². The molecule has 0 nitrogen and oxygen atoms in total. The smallest absolute Gasteiger partial charge is 0.0443 e. The van der Waals surface area contributed by atoms with Gasteiger partial charge in [-0.15, -0.1) is 0 Å². The van der Waals surface area contributed by atoms with Gasteiger partial charge in [0.1, 0.15) is 0 Å². The first-order valence-corrected chi connectivity index (χ1v) is 12.3. The van der Waals surface area contributed by atoms with E-state index in [-0.39, 0.29) is 0 Å². The topological polar surface area (TPSA) is 0 Å². The van der Waals surface area contributed by atoms with Crippen molar-refractivity contribution >= 4 is 0 Å². The van der Waals surface area contributed by atoms with Gasteiger partial charge in [0.25, 0.3) is 0 Å². The molecule has 0 spiro atoms. The molecule has 25 heavy (non-hydrogen) atoms. The molecule has 150 valence electrons. The van der Waals surface area contributed by atoms with E-state index in [0.29, 0.717) is 0 Å². The minimum atomic E-state index is 1.02. The molecule has 0 bridgehead atoms. The van der Waals surface area contributed by atoms with Crippen LogP contribution in [0.4, 0.5) is 0 Å². The highest BCUT2D eigenvalue weighted by Gasteiger charge is 2.05. The van der Waals surface area contributed by atoms with Crippen molar-refractivity contribution in [2.24, 2.45) is 11.8 Å². The maximum absolute atomic E-state index is 2.39. The van der Waals surface area contributed by atoms with Crippen molar-refractivity contribution in [3.8, 4) is 0 Å². The fourth-order valence-electron chi connectivity index (χ4n) is 4.56. The number of hydrogen-bond acceptors (Lipinski definition) is 0. The summed E-state index contributed by atoms with van der Waals surface area (Å²) in [6.07, 6.45) is 31.3. The van der Waals surface area contributed by atoms with Crippen LogP contribution in [0.3, 0.4) is 0 Å². The van der Waals surface area contributed by atoms with Gasteiger partial charge in [-0.05, 0) is 11.8 Å². The predicted molar refractivity (Wildman–Crippen MR) is 115 cm³/mol. The SMILES string of the molecule is C1CCCCCCC1.CC1CCCCCC1.CC1CCCCCCC1. The van der Waals surface area contributed by atoms with E-state index in [1.54, 1.807) is 0 Å². The third-order valence-electron chi connectivity index (χ3n) is 6.54. The van der Waals surface area contributed by atoms with Gasteiger partial charge in [-0.25, -0.2) is 0 Å². The van der Waals surface area contributed by atoms with Crippen LogP contribution in [0.5, 0.6) is 0 Å². The Hall–Kier alpha value is 0. The second-order valence-electron chi connectivity index (χ2n) is 9.38. The predicted octanol–water partition coefficient (Wildman–Crippen LogP) is 9.46. The number of rotatable bonds is 0. The maximum Gasteiger partial charge on any atom is -0.0443 e. The van der Waals surface area contributed by atoms with Gasteiger partial charge < -0.3 is 0 Å². The van der Waals surface area contributed by atoms with E-state index in [0.717, 1.165) is 11.8 Å². The van der Waals surface area contributed by atoms with Crippen molar-refractivity contribution in [1.82, 2.24) is 0 Å². The lowest BCUT2D eigenvalue weighted by Crippen LogP contribution is -1.97. The molecule has 0 atom stereocenters. The fraction of sp³-hybridized carbons (Fsp3) is 1.00. The van der Waals surface area contributed by atoms with Gasteiger partial charge in [0, 0.05) is 0 Å². The van der Waals surface area contributed by atoms with Crippen molar-refractivity contribution in [2.75, 3.05) is 0 Å². The van der Waals surface area contributed by atoms with Gasteiger partial charge in [-0.2, -0.15) is 0 Å². The molecular formula is C25H50. The Morgan fingerprint density at radius 1 is 0.280 bits per heavy atom. The zero-order valence-electron chi connectivity index (χ0n) is 18.0. The summed E-state index contributed by atoms with van der Waals surface area (Å²) in [4.78, 5) is 0. The van der Waals surface area contributed by atoms with Gasteiger partial charge in [0.2, 0.25) is 0 Å². The summed E-state index contributed by atoms with van der Waals surface area (Å²) in [7, 11) is 0. The molecule has 0 aromatic rings. The van der Waals surface area contributed by atoms with Gasteiger partial charge >= 0.3 is 0 Å². The molecule has 0 aliphatic heterocycles. The minimum Gasteiger partial charge on any atom is -0.0625 e. The number of hydrogen-bond donors (Lipinski definition) is 0. The second kappa shape index (κ2) is 17.4. The largest absolute Gasteiger partial charge is 0.0625 e. The average molecular weight is 351 g/mol. The Balaban J connectivity index is 0.000000188.